The van der Waals surface area contributed by atoms with Gasteiger partial charge in [-0.15, -0.1) is 41.9 Å². The summed E-state index contributed by atoms with van der Waals surface area (Å²) in [5.41, 5.74) is 0. The van der Waals surface area contributed by atoms with Crippen LogP contribution in [0.25, 0.3) is 0 Å². The summed E-state index contributed by atoms with van der Waals surface area (Å²) in [5, 5.41) is 6.39. The first-order chi connectivity index (χ1) is 8.26. The molecule has 0 bridgehead atoms. The lowest BCUT2D eigenvalue weighted by atomic mass is 10.3. The van der Waals surface area contributed by atoms with E-state index in [4.69, 9.17) is 0 Å². The zero-order valence-electron chi connectivity index (χ0n) is 10.4. The summed E-state index contributed by atoms with van der Waals surface area (Å²) in [7, 11) is 0. The molecule has 1 rings (SSSR count). The van der Waals surface area contributed by atoms with E-state index in [2.05, 4.69) is 63.9 Å². The number of hydrogen-bond acceptors (Lipinski definition) is 2. The molecule has 1 aromatic rings. The summed E-state index contributed by atoms with van der Waals surface area (Å²) >= 11 is 4.18. The Labute approximate surface area is 144 Å². The molecular formula is C12H19I2N3S. The highest BCUT2D eigenvalue weighted by molar-refractivity contribution is 14.1. The average Bonchev–Trinajstić information content (AvgIpc) is 2.72. The van der Waals surface area contributed by atoms with Crippen LogP contribution in [-0.2, 0) is 6.42 Å². The average molecular weight is 491 g/mol. The fourth-order valence-corrected chi connectivity index (χ4v) is 3.02. The number of aliphatic imine (C=N–C) groups is 1. The van der Waals surface area contributed by atoms with E-state index in [1.807, 2.05) is 17.4 Å². The lowest BCUT2D eigenvalue weighted by molar-refractivity contribution is 0.854. The summed E-state index contributed by atoms with van der Waals surface area (Å²) in [6.07, 6.45) is 2.83. The molecule has 0 atom stereocenters. The van der Waals surface area contributed by atoms with Gasteiger partial charge in [0.1, 0.15) is 0 Å². The topological polar surface area (TPSA) is 36.4 Å². The van der Waals surface area contributed by atoms with Crippen molar-refractivity contribution in [2.75, 3.05) is 19.6 Å². The van der Waals surface area contributed by atoms with Crippen LogP contribution in [0, 0.1) is 2.88 Å². The van der Waals surface area contributed by atoms with Gasteiger partial charge in [0.05, 0.1) is 2.88 Å². The zero-order valence-corrected chi connectivity index (χ0v) is 15.7. The Hall–Kier alpha value is 0.170. The molecule has 0 unspecified atom stereocenters. The SMILES string of the molecule is C=CCNC(=NCCc1ccc(I)s1)NCC.I. The molecule has 2 N–H and O–H groups in total. The minimum absolute atomic E-state index is 0. The molecule has 102 valence electrons. The Morgan fingerprint density at radius 3 is 2.83 bits per heavy atom. The smallest absolute Gasteiger partial charge is 0.191 e. The number of thiophene rings is 1. The van der Waals surface area contributed by atoms with Crippen LogP contribution in [0.2, 0.25) is 0 Å². The molecule has 6 heteroatoms. The van der Waals surface area contributed by atoms with Gasteiger partial charge in [-0.25, -0.2) is 0 Å². The van der Waals surface area contributed by atoms with Crippen LogP contribution in [0.5, 0.6) is 0 Å². The van der Waals surface area contributed by atoms with E-state index in [1.54, 1.807) is 0 Å². The predicted octanol–water partition coefficient (Wildman–Crippen LogP) is 3.25. The van der Waals surface area contributed by atoms with Gasteiger partial charge in [0.25, 0.3) is 0 Å². The van der Waals surface area contributed by atoms with Gasteiger partial charge < -0.3 is 10.6 Å². The standard InChI is InChI=1S/C12H18IN3S.HI/c1-3-8-15-12(14-4-2)16-9-7-10-5-6-11(13)17-10;/h3,5-6H,1,4,7-9H2,2H3,(H2,14,15,16);1H. The third-order valence-electron chi connectivity index (χ3n) is 2.02. The molecule has 1 aromatic heterocycles. The molecule has 0 radical (unpaired) electrons. The highest BCUT2D eigenvalue weighted by Crippen LogP contribution is 2.18. The van der Waals surface area contributed by atoms with E-state index in [9.17, 15) is 0 Å². The highest BCUT2D eigenvalue weighted by Gasteiger charge is 1.98. The van der Waals surface area contributed by atoms with Crippen molar-refractivity contribution >= 4 is 63.9 Å². The highest BCUT2D eigenvalue weighted by atomic mass is 127. The van der Waals surface area contributed by atoms with Gasteiger partial charge in [-0.3, -0.25) is 4.99 Å². The van der Waals surface area contributed by atoms with Crippen molar-refractivity contribution in [1.29, 1.82) is 0 Å². The number of guanidine groups is 1. The summed E-state index contributed by atoms with van der Waals surface area (Å²) in [6.45, 7) is 8.16. The van der Waals surface area contributed by atoms with Gasteiger partial charge >= 0.3 is 0 Å². The largest absolute Gasteiger partial charge is 0.357 e. The summed E-state index contributed by atoms with van der Waals surface area (Å²) in [5.74, 6) is 0.860. The van der Waals surface area contributed by atoms with Gasteiger partial charge in [0, 0.05) is 30.9 Å². The van der Waals surface area contributed by atoms with E-state index in [1.165, 1.54) is 7.76 Å². The number of halogens is 2. The molecule has 3 nitrogen and oxygen atoms in total. The Morgan fingerprint density at radius 2 is 2.28 bits per heavy atom. The van der Waals surface area contributed by atoms with Crippen molar-refractivity contribution in [2.24, 2.45) is 4.99 Å². The lowest BCUT2D eigenvalue weighted by Gasteiger charge is -2.08. The van der Waals surface area contributed by atoms with Gasteiger partial charge in [0.2, 0.25) is 0 Å². The van der Waals surface area contributed by atoms with Crippen molar-refractivity contribution in [1.82, 2.24) is 10.6 Å². The number of nitrogens with one attached hydrogen (secondary N) is 2. The van der Waals surface area contributed by atoms with Crippen LogP contribution in [0.1, 0.15) is 11.8 Å². The monoisotopic (exact) mass is 491 g/mol. The fourth-order valence-electron chi connectivity index (χ4n) is 1.27. The van der Waals surface area contributed by atoms with E-state index in [-0.39, 0.29) is 24.0 Å². The minimum atomic E-state index is 0. The first-order valence-corrected chi connectivity index (χ1v) is 7.53. The second kappa shape index (κ2) is 11.0. The molecule has 18 heavy (non-hydrogen) atoms. The molecular weight excluding hydrogens is 472 g/mol. The molecule has 0 aliphatic rings. The van der Waals surface area contributed by atoms with Crippen LogP contribution < -0.4 is 10.6 Å². The van der Waals surface area contributed by atoms with Crippen LogP contribution in [-0.4, -0.2) is 25.6 Å². The maximum absolute atomic E-state index is 4.51. The number of rotatable bonds is 6. The Morgan fingerprint density at radius 1 is 1.50 bits per heavy atom. The van der Waals surface area contributed by atoms with Gasteiger partial charge in [-0.1, -0.05) is 6.08 Å². The maximum Gasteiger partial charge on any atom is 0.191 e. The van der Waals surface area contributed by atoms with Gasteiger partial charge in [-0.2, -0.15) is 0 Å². The van der Waals surface area contributed by atoms with E-state index in [0.29, 0.717) is 0 Å². The molecule has 1 heterocycles. The van der Waals surface area contributed by atoms with Crippen molar-refractivity contribution in [3.05, 3.63) is 32.5 Å². The maximum atomic E-state index is 4.51. The molecule has 0 aromatic carbocycles. The van der Waals surface area contributed by atoms with Crippen LogP contribution in [0.15, 0.2) is 29.8 Å². The molecule has 0 spiro atoms. The minimum Gasteiger partial charge on any atom is -0.357 e. The summed E-state index contributed by atoms with van der Waals surface area (Å²) < 4.78 is 1.33. The molecule has 0 saturated carbocycles. The molecule has 0 aliphatic heterocycles. The van der Waals surface area contributed by atoms with Crippen molar-refractivity contribution in [3.8, 4) is 0 Å². The van der Waals surface area contributed by atoms with Gasteiger partial charge in [-0.05, 0) is 41.6 Å². The fraction of sp³-hybridized carbons (Fsp3) is 0.417. The van der Waals surface area contributed by atoms with E-state index >= 15 is 0 Å². The number of nitrogens with zero attached hydrogens (tertiary/aromatic N) is 1. The number of hydrogen-bond donors (Lipinski definition) is 2. The molecule has 0 saturated heterocycles. The summed E-state index contributed by atoms with van der Waals surface area (Å²) in [6, 6.07) is 4.32. The second-order valence-electron chi connectivity index (χ2n) is 3.39. The third-order valence-corrected chi connectivity index (χ3v) is 3.97. The normalized spacial score (nSPS) is 10.7. The lowest BCUT2D eigenvalue weighted by Crippen LogP contribution is -2.37. The van der Waals surface area contributed by atoms with E-state index < -0.39 is 0 Å². The third kappa shape index (κ3) is 7.57. The van der Waals surface area contributed by atoms with Crippen LogP contribution in [0.3, 0.4) is 0 Å². The molecule has 0 aliphatic carbocycles. The Balaban J connectivity index is 0.00000289. The van der Waals surface area contributed by atoms with Gasteiger partial charge in [0.15, 0.2) is 5.96 Å². The van der Waals surface area contributed by atoms with Crippen molar-refractivity contribution in [3.63, 3.8) is 0 Å². The Bertz CT molecular complexity index is 377. The first-order valence-electron chi connectivity index (χ1n) is 5.63. The van der Waals surface area contributed by atoms with Crippen LogP contribution in [0.4, 0.5) is 0 Å². The molecule has 0 fully saturated rings. The first kappa shape index (κ1) is 18.2. The summed E-state index contributed by atoms with van der Waals surface area (Å²) in [4.78, 5) is 5.89. The zero-order chi connectivity index (χ0) is 12.5. The van der Waals surface area contributed by atoms with Crippen molar-refractivity contribution in [2.45, 2.75) is 13.3 Å². The van der Waals surface area contributed by atoms with Crippen LogP contribution >= 0.6 is 57.9 Å². The predicted molar refractivity (Wildman–Crippen MR) is 100 cm³/mol. The Kier molecular flexibility index (Phi) is 11.1. The second-order valence-corrected chi connectivity index (χ2v) is 6.45. The molecule has 0 amide bonds. The van der Waals surface area contributed by atoms with Crippen molar-refractivity contribution < 1.29 is 0 Å². The quantitative estimate of drug-likeness (QED) is 0.278. The van der Waals surface area contributed by atoms with E-state index in [0.717, 1.165) is 32.0 Å².